The minimum atomic E-state index is -0.507. The van der Waals surface area contributed by atoms with Gasteiger partial charge in [0.05, 0.1) is 16.8 Å². The number of nitrogens with one attached hydrogen (secondary N) is 1. The van der Waals surface area contributed by atoms with Crippen molar-refractivity contribution in [3.63, 3.8) is 0 Å². The molecular formula is C27H31FN8O. The molecule has 0 spiro atoms. The molecule has 10 heteroatoms. The lowest BCUT2D eigenvalue weighted by molar-refractivity contribution is 0.100. The molecule has 1 aliphatic heterocycles. The fourth-order valence-electron chi connectivity index (χ4n) is 4.63. The summed E-state index contributed by atoms with van der Waals surface area (Å²) in [7, 11) is 4.15. The summed E-state index contributed by atoms with van der Waals surface area (Å²) in [4.78, 5) is 27.5. The summed E-state index contributed by atoms with van der Waals surface area (Å²) in [5, 5.41) is 3.85. The molecular weight excluding hydrogens is 471 g/mol. The predicted octanol–water partition coefficient (Wildman–Crippen LogP) is 3.09. The molecule has 37 heavy (non-hydrogen) atoms. The third-order valence-corrected chi connectivity index (χ3v) is 6.65. The second kappa shape index (κ2) is 10.5. The molecule has 1 amide bonds. The van der Waals surface area contributed by atoms with Crippen LogP contribution in [0.5, 0.6) is 0 Å². The first-order valence-corrected chi connectivity index (χ1v) is 12.3. The van der Waals surface area contributed by atoms with Crippen molar-refractivity contribution < 1.29 is 9.18 Å². The van der Waals surface area contributed by atoms with Gasteiger partial charge in [-0.2, -0.15) is 4.98 Å². The van der Waals surface area contributed by atoms with Gasteiger partial charge in [0.2, 0.25) is 5.95 Å². The van der Waals surface area contributed by atoms with Crippen LogP contribution < -0.4 is 16.0 Å². The number of carbonyl (C=O) groups excluding carboxylic acids is 1. The van der Waals surface area contributed by atoms with Crippen molar-refractivity contribution in [2.75, 3.05) is 63.6 Å². The number of nitrogens with zero attached hydrogens (tertiary/aromatic N) is 6. The van der Waals surface area contributed by atoms with E-state index in [4.69, 9.17) is 5.73 Å². The molecule has 9 nitrogen and oxygen atoms in total. The minimum Gasteiger partial charge on any atom is -0.367 e. The lowest BCUT2D eigenvalue weighted by atomic mass is 10.2. The first-order valence-electron chi connectivity index (χ1n) is 12.3. The SMILES string of the molecule is CN(C)CCN1CCN(c2ccc(Nc3nccc(-n4cc(C(N)=O)c5ccccc54)n3)cc2F)CC1. The maximum atomic E-state index is 15.1. The predicted molar refractivity (Wildman–Crippen MR) is 144 cm³/mol. The summed E-state index contributed by atoms with van der Waals surface area (Å²) < 4.78 is 16.9. The van der Waals surface area contributed by atoms with Gasteiger partial charge in [-0.1, -0.05) is 18.2 Å². The van der Waals surface area contributed by atoms with Gasteiger partial charge in [-0.15, -0.1) is 0 Å². The number of rotatable bonds is 8. The Labute approximate surface area is 215 Å². The van der Waals surface area contributed by atoms with Crippen molar-refractivity contribution in [3.8, 4) is 5.82 Å². The highest BCUT2D eigenvalue weighted by atomic mass is 19.1. The molecule has 0 radical (unpaired) electrons. The van der Waals surface area contributed by atoms with Crippen LogP contribution in [-0.4, -0.2) is 83.6 Å². The number of primary amides is 1. The Morgan fingerprint density at radius 2 is 1.89 bits per heavy atom. The Bertz CT molecular complexity index is 1410. The number of halogens is 1. The highest BCUT2D eigenvalue weighted by Gasteiger charge is 2.20. The molecule has 1 aliphatic rings. The summed E-state index contributed by atoms with van der Waals surface area (Å²) in [6.07, 6.45) is 3.29. The Balaban J connectivity index is 1.31. The van der Waals surface area contributed by atoms with E-state index in [0.29, 0.717) is 28.7 Å². The standard InChI is InChI=1S/C27H31FN8O/c1-33(2)11-12-34-13-15-35(16-14-34)24-8-7-19(17-22(24)28)31-27-30-10-9-25(32-27)36-18-21(26(29)37)20-5-3-4-6-23(20)36/h3-10,17-18H,11-16H2,1-2H3,(H2,29,37)(H,30,31,32). The van der Waals surface area contributed by atoms with E-state index in [0.717, 1.165) is 50.2 Å². The molecule has 3 heterocycles. The quantitative estimate of drug-likeness (QED) is 0.382. The van der Waals surface area contributed by atoms with Crippen LogP contribution in [0.15, 0.2) is 60.9 Å². The molecule has 1 saturated heterocycles. The van der Waals surface area contributed by atoms with Gasteiger partial charge in [0.1, 0.15) is 11.6 Å². The van der Waals surface area contributed by atoms with Crippen LogP contribution in [0.1, 0.15) is 10.4 Å². The molecule has 0 bridgehead atoms. The number of para-hydroxylation sites is 1. The molecule has 0 atom stereocenters. The summed E-state index contributed by atoms with van der Waals surface area (Å²) in [5.41, 5.74) is 7.95. The fourth-order valence-corrected chi connectivity index (χ4v) is 4.63. The van der Waals surface area contributed by atoms with E-state index in [2.05, 4.69) is 44.1 Å². The monoisotopic (exact) mass is 502 g/mol. The molecule has 3 N–H and O–H groups in total. The van der Waals surface area contributed by atoms with Crippen LogP contribution >= 0.6 is 0 Å². The number of aromatic nitrogens is 3. The molecule has 2 aromatic carbocycles. The zero-order chi connectivity index (χ0) is 25.9. The lowest BCUT2D eigenvalue weighted by Gasteiger charge is -2.36. The molecule has 4 aromatic rings. The van der Waals surface area contributed by atoms with Gasteiger partial charge in [-0.25, -0.2) is 9.37 Å². The molecule has 5 rings (SSSR count). The Hall–Kier alpha value is -4.02. The second-order valence-corrected chi connectivity index (χ2v) is 9.46. The number of hydrogen-bond acceptors (Lipinski definition) is 7. The molecule has 2 aromatic heterocycles. The Morgan fingerprint density at radius 3 is 2.62 bits per heavy atom. The first kappa shape index (κ1) is 24.7. The number of carbonyl (C=O) groups is 1. The Kier molecular flexibility index (Phi) is 7.02. The number of hydrogen-bond donors (Lipinski definition) is 2. The van der Waals surface area contributed by atoms with E-state index in [9.17, 15) is 4.79 Å². The zero-order valence-corrected chi connectivity index (χ0v) is 21.1. The summed E-state index contributed by atoms with van der Waals surface area (Å²) >= 11 is 0. The number of likely N-dealkylation sites (N-methyl/N-ethyl adjacent to an activating group) is 1. The molecule has 1 fully saturated rings. The maximum absolute atomic E-state index is 15.1. The van der Waals surface area contributed by atoms with Crippen LogP contribution in [-0.2, 0) is 0 Å². The molecule has 0 aliphatic carbocycles. The topological polar surface area (TPSA) is 95.5 Å². The third kappa shape index (κ3) is 5.40. The molecule has 192 valence electrons. The number of fused-ring (bicyclic) bond motifs is 1. The van der Waals surface area contributed by atoms with Gasteiger partial charge in [0.15, 0.2) is 0 Å². The normalized spacial score (nSPS) is 14.4. The van der Waals surface area contributed by atoms with Crippen molar-refractivity contribution in [1.29, 1.82) is 0 Å². The third-order valence-electron chi connectivity index (χ3n) is 6.65. The van der Waals surface area contributed by atoms with E-state index in [-0.39, 0.29) is 5.82 Å². The summed E-state index contributed by atoms with van der Waals surface area (Å²) in [6.45, 7) is 5.46. The highest BCUT2D eigenvalue weighted by Crippen LogP contribution is 2.27. The van der Waals surface area contributed by atoms with Crippen molar-refractivity contribution in [1.82, 2.24) is 24.3 Å². The van der Waals surface area contributed by atoms with E-state index >= 15 is 4.39 Å². The van der Waals surface area contributed by atoms with E-state index < -0.39 is 5.91 Å². The van der Waals surface area contributed by atoms with Gasteiger partial charge in [0.25, 0.3) is 5.91 Å². The van der Waals surface area contributed by atoms with Gasteiger partial charge in [0, 0.05) is 62.7 Å². The van der Waals surface area contributed by atoms with Gasteiger partial charge in [-0.3, -0.25) is 9.69 Å². The molecule has 0 unspecified atom stereocenters. The second-order valence-electron chi connectivity index (χ2n) is 9.46. The largest absolute Gasteiger partial charge is 0.367 e. The van der Waals surface area contributed by atoms with Crippen molar-refractivity contribution in [3.05, 3.63) is 72.3 Å². The van der Waals surface area contributed by atoms with E-state index in [1.54, 1.807) is 29.1 Å². The summed E-state index contributed by atoms with van der Waals surface area (Å²) in [6, 6.07) is 14.3. The zero-order valence-electron chi connectivity index (χ0n) is 21.1. The number of piperazine rings is 1. The highest BCUT2D eigenvalue weighted by molar-refractivity contribution is 6.06. The lowest BCUT2D eigenvalue weighted by Crippen LogP contribution is -2.48. The Morgan fingerprint density at radius 1 is 1.11 bits per heavy atom. The van der Waals surface area contributed by atoms with Crippen molar-refractivity contribution in [2.45, 2.75) is 0 Å². The number of benzene rings is 2. The van der Waals surface area contributed by atoms with Crippen LogP contribution in [0.4, 0.5) is 21.7 Å². The van der Waals surface area contributed by atoms with Crippen molar-refractivity contribution >= 4 is 34.1 Å². The fraction of sp³-hybridized carbons (Fsp3) is 0.296. The summed E-state index contributed by atoms with van der Waals surface area (Å²) in [5.74, 6) is 0.0845. The van der Waals surface area contributed by atoms with Gasteiger partial charge in [-0.05, 0) is 44.4 Å². The number of anilines is 3. The smallest absolute Gasteiger partial charge is 0.250 e. The van der Waals surface area contributed by atoms with Crippen LogP contribution in [0.25, 0.3) is 16.7 Å². The van der Waals surface area contributed by atoms with Crippen LogP contribution in [0.2, 0.25) is 0 Å². The first-order chi connectivity index (χ1) is 17.9. The van der Waals surface area contributed by atoms with Crippen LogP contribution in [0.3, 0.4) is 0 Å². The van der Waals surface area contributed by atoms with Crippen molar-refractivity contribution in [2.24, 2.45) is 5.73 Å². The van der Waals surface area contributed by atoms with E-state index in [1.165, 1.54) is 6.07 Å². The molecule has 0 saturated carbocycles. The van der Waals surface area contributed by atoms with Gasteiger partial charge < -0.3 is 25.4 Å². The average molecular weight is 503 g/mol. The number of nitrogens with two attached hydrogens (primary N) is 1. The average Bonchev–Trinajstić information content (AvgIpc) is 3.28. The van der Waals surface area contributed by atoms with Crippen LogP contribution in [0, 0.1) is 5.82 Å². The van der Waals surface area contributed by atoms with E-state index in [1.807, 2.05) is 30.3 Å². The minimum absolute atomic E-state index is 0.287. The maximum Gasteiger partial charge on any atom is 0.250 e. The number of amides is 1. The van der Waals surface area contributed by atoms with Gasteiger partial charge >= 0.3 is 0 Å².